The lowest BCUT2D eigenvalue weighted by Crippen LogP contribution is -1.96. The zero-order valence-electron chi connectivity index (χ0n) is 7.65. The van der Waals surface area contributed by atoms with Crippen LogP contribution < -0.4 is 0 Å². The van der Waals surface area contributed by atoms with E-state index >= 15 is 0 Å². The molecule has 0 bridgehead atoms. The Morgan fingerprint density at radius 1 is 1.13 bits per heavy atom. The Kier molecular flexibility index (Phi) is 3.29. The molecule has 2 aromatic rings. The molecular weight excluding hydrogens is 324 g/mol. The van der Waals surface area contributed by atoms with Crippen LogP contribution in [0.3, 0.4) is 0 Å². The van der Waals surface area contributed by atoms with Crippen molar-refractivity contribution < 1.29 is 9.52 Å². The molecule has 2 rings (SSSR count). The predicted molar refractivity (Wildman–Crippen MR) is 64.6 cm³/mol. The summed E-state index contributed by atoms with van der Waals surface area (Å²) in [4.78, 5) is 0. The molecule has 0 saturated carbocycles. The number of halogens is 2. The average molecular weight is 332 g/mol. The van der Waals surface area contributed by atoms with Crippen molar-refractivity contribution in [1.29, 1.82) is 0 Å². The van der Waals surface area contributed by atoms with Gasteiger partial charge in [-0.15, -0.1) is 0 Å². The summed E-state index contributed by atoms with van der Waals surface area (Å²) < 4.78 is 6.74. The summed E-state index contributed by atoms with van der Waals surface area (Å²) in [6.07, 6.45) is -0.728. The van der Waals surface area contributed by atoms with Crippen molar-refractivity contribution in [2.75, 3.05) is 0 Å². The maximum atomic E-state index is 9.99. The molecule has 0 aliphatic rings. The molecule has 0 spiro atoms. The summed E-state index contributed by atoms with van der Waals surface area (Å²) in [7, 11) is 0. The van der Waals surface area contributed by atoms with Crippen molar-refractivity contribution in [3.8, 4) is 0 Å². The number of hydrogen-bond donors (Lipinski definition) is 1. The largest absolute Gasteiger partial charge is 0.450 e. The van der Waals surface area contributed by atoms with Crippen LogP contribution in [0.15, 0.2) is 50.0 Å². The minimum Gasteiger partial charge on any atom is -0.450 e. The first-order valence-electron chi connectivity index (χ1n) is 4.36. The molecule has 0 saturated heterocycles. The van der Waals surface area contributed by atoms with Gasteiger partial charge in [0.05, 0.1) is 4.47 Å². The lowest BCUT2D eigenvalue weighted by Gasteiger charge is -2.06. The highest BCUT2D eigenvalue weighted by molar-refractivity contribution is 9.13. The van der Waals surface area contributed by atoms with Crippen LogP contribution in [0.5, 0.6) is 0 Å². The van der Waals surface area contributed by atoms with Crippen molar-refractivity contribution >= 4 is 31.9 Å². The molecule has 1 aromatic heterocycles. The van der Waals surface area contributed by atoms with E-state index in [2.05, 4.69) is 31.9 Å². The third-order valence-corrected chi connectivity index (χ3v) is 3.76. The minimum absolute atomic E-state index is 0.514. The first kappa shape index (κ1) is 10.9. The molecule has 1 heterocycles. The molecule has 1 unspecified atom stereocenters. The summed E-state index contributed by atoms with van der Waals surface area (Å²) in [5.41, 5.74) is 0.811. The molecule has 15 heavy (non-hydrogen) atoms. The Hall–Kier alpha value is -0.580. The van der Waals surface area contributed by atoms with Gasteiger partial charge >= 0.3 is 0 Å². The zero-order valence-corrected chi connectivity index (χ0v) is 10.8. The van der Waals surface area contributed by atoms with Gasteiger partial charge in [-0.25, -0.2) is 0 Å². The van der Waals surface area contributed by atoms with E-state index in [0.29, 0.717) is 10.4 Å². The second kappa shape index (κ2) is 4.51. The number of hydrogen-bond acceptors (Lipinski definition) is 2. The van der Waals surface area contributed by atoms with E-state index in [1.807, 2.05) is 30.3 Å². The van der Waals surface area contributed by atoms with Gasteiger partial charge in [0.1, 0.15) is 11.9 Å². The summed E-state index contributed by atoms with van der Waals surface area (Å²) in [6, 6.07) is 11.1. The number of aliphatic hydroxyl groups excluding tert-OH is 1. The Morgan fingerprint density at radius 3 is 2.33 bits per heavy atom. The third kappa shape index (κ3) is 2.33. The quantitative estimate of drug-likeness (QED) is 0.905. The second-order valence-electron chi connectivity index (χ2n) is 3.08. The van der Waals surface area contributed by atoms with Crippen LogP contribution in [-0.4, -0.2) is 5.11 Å². The van der Waals surface area contributed by atoms with Crippen molar-refractivity contribution in [2.45, 2.75) is 6.10 Å². The van der Waals surface area contributed by atoms with Gasteiger partial charge < -0.3 is 9.52 Å². The maximum absolute atomic E-state index is 9.99. The van der Waals surface area contributed by atoms with Crippen molar-refractivity contribution in [3.05, 3.63) is 56.9 Å². The molecule has 0 fully saturated rings. The first-order chi connectivity index (χ1) is 7.18. The van der Waals surface area contributed by atoms with Gasteiger partial charge in [0.15, 0.2) is 4.67 Å². The summed E-state index contributed by atoms with van der Waals surface area (Å²) in [6.45, 7) is 0. The number of benzene rings is 1. The number of furan rings is 1. The molecule has 78 valence electrons. The van der Waals surface area contributed by atoms with Crippen LogP contribution in [0, 0.1) is 0 Å². The lowest BCUT2D eigenvalue weighted by molar-refractivity contribution is 0.187. The van der Waals surface area contributed by atoms with E-state index in [-0.39, 0.29) is 0 Å². The molecular formula is C11H8Br2O2. The Morgan fingerprint density at radius 2 is 1.80 bits per heavy atom. The van der Waals surface area contributed by atoms with Crippen molar-refractivity contribution in [2.24, 2.45) is 0 Å². The van der Waals surface area contributed by atoms with Crippen LogP contribution in [0.1, 0.15) is 17.4 Å². The van der Waals surface area contributed by atoms with E-state index in [0.717, 1.165) is 10.0 Å². The van der Waals surface area contributed by atoms with E-state index in [4.69, 9.17) is 4.42 Å². The Labute approximate surface area is 104 Å². The van der Waals surface area contributed by atoms with Gasteiger partial charge in [-0.1, -0.05) is 30.3 Å². The van der Waals surface area contributed by atoms with Gasteiger partial charge in [-0.2, -0.15) is 0 Å². The molecule has 1 atom stereocenters. The fourth-order valence-corrected chi connectivity index (χ4v) is 1.91. The Bertz CT molecular complexity index is 431. The van der Waals surface area contributed by atoms with Crippen LogP contribution in [-0.2, 0) is 0 Å². The molecule has 0 radical (unpaired) electrons. The van der Waals surface area contributed by atoms with E-state index in [9.17, 15) is 5.11 Å². The molecule has 1 aromatic carbocycles. The lowest BCUT2D eigenvalue weighted by atomic mass is 10.1. The molecule has 0 amide bonds. The first-order valence-corrected chi connectivity index (χ1v) is 5.95. The molecule has 0 aliphatic heterocycles. The zero-order chi connectivity index (χ0) is 10.8. The van der Waals surface area contributed by atoms with Gasteiger partial charge in [0, 0.05) is 0 Å². The monoisotopic (exact) mass is 330 g/mol. The van der Waals surface area contributed by atoms with Gasteiger partial charge in [0.25, 0.3) is 0 Å². The van der Waals surface area contributed by atoms with Crippen LogP contribution >= 0.6 is 31.9 Å². The van der Waals surface area contributed by atoms with Crippen LogP contribution in [0.25, 0.3) is 0 Å². The van der Waals surface area contributed by atoms with Crippen molar-refractivity contribution in [3.63, 3.8) is 0 Å². The molecule has 2 nitrogen and oxygen atoms in total. The topological polar surface area (TPSA) is 33.4 Å². The molecule has 1 N–H and O–H groups in total. The van der Waals surface area contributed by atoms with Gasteiger partial charge in [-0.05, 0) is 43.5 Å². The second-order valence-corrected chi connectivity index (χ2v) is 4.66. The van der Waals surface area contributed by atoms with E-state index < -0.39 is 6.10 Å². The minimum atomic E-state index is -0.728. The third-order valence-electron chi connectivity index (χ3n) is 2.05. The fraction of sp³-hybridized carbons (Fsp3) is 0.0909. The molecule has 0 aliphatic carbocycles. The molecule has 4 heteroatoms. The highest BCUT2D eigenvalue weighted by atomic mass is 79.9. The average Bonchev–Trinajstić information content (AvgIpc) is 2.59. The van der Waals surface area contributed by atoms with Crippen molar-refractivity contribution in [1.82, 2.24) is 0 Å². The summed E-state index contributed by atoms with van der Waals surface area (Å²) >= 11 is 6.54. The Balaban J connectivity index is 2.32. The smallest absolute Gasteiger partial charge is 0.183 e. The highest BCUT2D eigenvalue weighted by Gasteiger charge is 2.16. The van der Waals surface area contributed by atoms with Crippen LogP contribution in [0.2, 0.25) is 0 Å². The number of aliphatic hydroxyl groups is 1. The van der Waals surface area contributed by atoms with Gasteiger partial charge in [0.2, 0.25) is 0 Å². The van der Waals surface area contributed by atoms with E-state index in [1.165, 1.54) is 0 Å². The fourth-order valence-electron chi connectivity index (χ4n) is 1.30. The normalized spacial score (nSPS) is 12.7. The van der Waals surface area contributed by atoms with Gasteiger partial charge in [-0.3, -0.25) is 0 Å². The van der Waals surface area contributed by atoms with Crippen LogP contribution in [0.4, 0.5) is 0 Å². The predicted octanol–water partition coefficient (Wildman–Crippen LogP) is 3.89. The van der Waals surface area contributed by atoms with E-state index in [1.54, 1.807) is 6.07 Å². The SMILES string of the molecule is OC(c1ccccc1)c1cc(Br)c(Br)o1. The standard InChI is InChI=1S/C11H8Br2O2/c12-8-6-9(15-11(8)13)10(14)7-4-2-1-3-5-7/h1-6,10,14H. The highest BCUT2D eigenvalue weighted by Crippen LogP contribution is 2.32. The maximum Gasteiger partial charge on any atom is 0.183 e. The summed E-state index contributed by atoms with van der Waals surface area (Å²) in [5, 5.41) is 9.99. The number of rotatable bonds is 2. The summed E-state index contributed by atoms with van der Waals surface area (Å²) in [5.74, 6) is 0.514.